The van der Waals surface area contributed by atoms with Crippen molar-refractivity contribution in [2.45, 2.75) is 25.7 Å². The van der Waals surface area contributed by atoms with Gasteiger partial charge in [-0.05, 0) is 44.0 Å². The number of aryl methyl sites for hydroxylation is 1. The van der Waals surface area contributed by atoms with Crippen molar-refractivity contribution in [1.82, 2.24) is 29.8 Å². The van der Waals surface area contributed by atoms with E-state index in [1.54, 1.807) is 0 Å². The Morgan fingerprint density at radius 2 is 1.66 bits per heavy atom. The standard InChI is InChI=1S/C21H24N8/c1-14-20(23-17-7-5-4-6-16(17)22-14)28-12-10-15(11-13-28)21-25-24-18-8-9-19(27(2)3)26-29(18)21/h4-9,15H,10-13H2,1-3H3. The molecule has 0 N–H and O–H groups in total. The van der Waals surface area contributed by atoms with Gasteiger partial charge in [-0.25, -0.2) is 9.97 Å². The molecule has 1 aliphatic heterocycles. The summed E-state index contributed by atoms with van der Waals surface area (Å²) in [6, 6.07) is 12.0. The Labute approximate surface area is 169 Å². The van der Waals surface area contributed by atoms with Crippen LogP contribution in [0, 0.1) is 6.92 Å². The second-order valence-electron chi connectivity index (χ2n) is 7.80. The molecule has 1 aliphatic rings. The third-order valence-corrected chi connectivity index (χ3v) is 5.61. The molecule has 1 fully saturated rings. The SMILES string of the molecule is Cc1nc2ccccc2nc1N1CCC(c2nnc3ccc(N(C)C)nn23)CC1. The normalized spacial score (nSPS) is 15.3. The second-order valence-corrected chi connectivity index (χ2v) is 7.80. The van der Waals surface area contributed by atoms with E-state index in [9.17, 15) is 0 Å². The van der Waals surface area contributed by atoms with E-state index >= 15 is 0 Å². The molecule has 0 bridgehead atoms. The Hall–Kier alpha value is -3.29. The van der Waals surface area contributed by atoms with Crippen LogP contribution in [0.4, 0.5) is 11.6 Å². The fourth-order valence-corrected chi connectivity index (χ4v) is 4.02. The minimum Gasteiger partial charge on any atom is -0.361 e. The number of anilines is 2. The molecule has 4 aromatic rings. The van der Waals surface area contributed by atoms with Crippen molar-refractivity contribution in [1.29, 1.82) is 0 Å². The Morgan fingerprint density at radius 3 is 2.38 bits per heavy atom. The molecular formula is C21H24N8. The summed E-state index contributed by atoms with van der Waals surface area (Å²) in [5.41, 5.74) is 3.66. The van der Waals surface area contributed by atoms with Crippen molar-refractivity contribution in [2.24, 2.45) is 0 Å². The first-order chi connectivity index (χ1) is 14.1. The zero-order valence-electron chi connectivity index (χ0n) is 16.9. The van der Waals surface area contributed by atoms with Gasteiger partial charge in [0, 0.05) is 33.1 Å². The maximum absolute atomic E-state index is 4.88. The number of para-hydroxylation sites is 2. The highest BCUT2D eigenvalue weighted by Crippen LogP contribution is 2.30. The first-order valence-electron chi connectivity index (χ1n) is 9.98. The molecule has 8 nitrogen and oxygen atoms in total. The Morgan fingerprint density at radius 1 is 0.931 bits per heavy atom. The lowest BCUT2D eigenvalue weighted by Crippen LogP contribution is -2.34. The van der Waals surface area contributed by atoms with E-state index in [-0.39, 0.29) is 0 Å². The monoisotopic (exact) mass is 388 g/mol. The first-order valence-corrected chi connectivity index (χ1v) is 9.98. The molecule has 0 atom stereocenters. The van der Waals surface area contributed by atoms with Crippen LogP contribution < -0.4 is 9.80 Å². The van der Waals surface area contributed by atoms with Crippen LogP contribution >= 0.6 is 0 Å². The van der Waals surface area contributed by atoms with Gasteiger partial charge >= 0.3 is 0 Å². The summed E-state index contributed by atoms with van der Waals surface area (Å²) in [6.45, 7) is 3.88. The number of benzene rings is 1. The van der Waals surface area contributed by atoms with Crippen molar-refractivity contribution in [3.05, 3.63) is 47.9 Å². The highest BCUT2D eigenvalue weighted by Gasteiger charge is 2.27. The predicted molar refractivity (Wildman–Crippen MR) is 114 cm³/mol. The van der Waals surface area contributed by atoms with Gasteiger partial charge in [-0.1, -0.05) is 12.1 Å². The Balaban J connectivity index is 1.39. The van der Waals surface area contributed by atoms with Crippen LogP contribution in [0.5, 0.6) is 0 Å². The van der Waals surface area contributed by atoms with Crippen molar-refractivity contribution in [3.63, 3.8) is 0 Å². The number of fused-ring (bicyclic) bond motifs is 2. The lowest BCUT2D eigenvalue weighted by Gasteiger charge is -2.32. The predicted octanol–water partition coefficient (Wildman–Crippen LogP) is 2.83. The van der Waals surface area contributed by atoms with Crippen LogP contribution in [0.2, 0.25) is 0 Å². The number of aromatic nitrogens is 6. The molecule has 148 valence electrons. The average molecular weight is 388 g/mol. The molecule has 0 aliphatic carbocycles. The summed E-state index contributed by atoms with van der Waals surface area (Å²) < 4.78 is 1.90. The van der Waals surface area contributed by atoms with E-state index in [2.05, 4.69) is 15.1 Å². The van der Waals surface area contributed by atoms with Crippen LogP contribution in [-0.4, -0.2) is 57.0 Å². The summed E-state index contributed by atoms with van der Waals surface area (Å²) in [5.74, 6) is 3.17. The van der Waals surface area contributed by atoms with E-state index < -0.39 is 0 Å². The van der Waals surface area contributed by atoms with Gasteiger partial charge in [-0.3, -0.25) is 0 Å². The Bertz CT molecular complexity index is 1170. The summed E-state index contributed by atoms with van der Waals surface area (Å²) >= 11 is 0. The number of hydrogen-bond acceptors (Lipinski definition) is 7. The van der Waals surface area contributed by atoms with Gasteiger partial charge in [0.05, 0.1) is 16.7 Å². The Kier molecular flexibility index (Phi) is 4.26. The van der Waals surface area contributed by atoms with Crippen LogP contribution in [0.25, 0.3) is 16.7 Å². The van der Waals surface area contributed by atoms with Gasteiger partial charge in [0.2, 0.25) is 0 Å². The molecule has 5 rings (SSSR count). The average Bonchev–Trinajstić information content (AvgIpc) is 3.16. The van der Waals surface area contributed by atoms with E-state index in [0.717, 1.165) is 65.8 Å². The van der Waals surface area contributed by atoms with Gasteiger partial charge < -0.3 is 9.80 Å². The largest absolute Gasteiger partial charge is 0.361 e. The third-order valence-electron chi connectivity index (χ3n) is 5.61. The summed E-state index contributed by atoms with van der Waals surface area (Å²) in [5, 5.41) is 13.5. The quantitative estimate of drug-likeness (QED) is 0.534. The molecule has 0 unspecified atom stereocenters. The molecule has 0 amide bonds. The van der Waals surface area contributed by atoms with Gasteiger partial charge in [-0.2, -0.15) is 4.52 Å². The molecule has 0 radical (unpaired) electrons. The van der Waals surface area contributed by atoms with Crippen LogP contribution in [0.1, 0.15) is 30.3 Å². The van der Waals surface area contributed by atoms with Crippen LogP contribution in [0.3, 0.4) is 0 Å². The lowest BCUT2D eigenvalue weighted by atomic mass is 9.96. The van der Waals surface area contributed by atoms with Crippen molar-refractivity contribution in [3.8, 4) is 0 Å². The van der Waals surface area contributed by atoms with Crippen molar-refractivity contribution >= 4 is 28.3 Å². The maximum Gasteiger partial charge on any atom is 0.178 e. The van der Waals surface area contributed by atoms with Crippen LogP contribution in [-0.2, 0) is 0 Å². The van der Waals surface area contributed by atoms with Gasteiger partial charge in [0.25, 0.3) is 0 Å². The van der Waals surface area contributed by atoms with E-state index in [0.29, 0.717) is 5.92 Å². The second kappa shape index (κ2) is 6.95. The number of hydrogen-bond donors (Lipinski definition) is 0. The number of rotatable bonds is 3. The minimum absolute atomic E-state index is 0.333. The smallest absolute Gasteiger partial charge is 0.178 e. The van der Waals surface area contributed by atoms with E-state index in [4.69, 9.17) is 15.1 Å². The summed E-state index contributed by atoms with van der Waals surface area (Å²) in [4.78, 5) is 14.0. The van der Waals surface area contributed by atoms with Crippen molar-refractivity contribution < 1.29 is 0 Å². The fourth-order valence-electron chi connectivity index (χ4n) is 4.02. The summed E-state index contributed by atoms with van der Waals surface area (Å²) in [7, 11) is 3.98. The highest BCUT2D eigenvalue weighted by molar-refractivity contribution is 5.76. The van der Waals surface area contributed by atoms with Gasteiger partial charge in [-0.15, -0.1) is 15.3 Å². The molecule has 1 saturated heterocycles. The van der Waals surface area contributed by atoms with E-state index in [1.165, 1.54) is 0 Å². The minimum atomic E-state index is 0.333. The van der Waals surface area contributed by atoms with Crippen molar-refractivity contribution in [2.75, 3.05) is 37.0 Å². The molecule has 1 aromatic carbocycles. The van der Waals surface area contributed by atoms with Gasteiger partial charge in [0.15, 0.2) is 17.3 Å². The molecule has 0 saturated carbocycles. The molecular weight excluding hydrogens is 364 g/mol. The van der Waals surface area contributed by atoms with Crippen LogP contribution in [0.15, 0.2) is 36.4 Å². The topological polar surface area (TPSA) is 75.3 Å². The number of piperidine rings is 1. The van der Waals surface area contributed by atoms with E-state index in [1.807, 2.05) is 66.8 Å². The zero-order chi connectivity index (χ0) is 20.0. The third kappa shape index (κ3) is 3.14. The van der Waals surface area contributed by atoms with Gasteiger partial charge in [0.1, 0.15) is 5.82 Å². The maximum atomic E-state index is 4.88. The lowest BCUT2D eigenvalue weighted by molar-refractivity contribution is 0.474. The molecule has 4 heterocycles. The first kappa shape index (κ1) is 17.8. The fraction of sp³-hybridized carbons (Fsp3) is 0.381. The molecule has 29 heavy (non-hydrogen) atoms. The molecule has 3 aromatic heterocycles. The number of nitrogens with zero attached hydrogens (tertiary/aromatic N) is 8. The molecule has 8 heteroatoms. The molecule has 0 spiro atoms. The summed E-state index contributed by atoms with van der Waals surface area (Å²) in [6.07, 6.45) is 1.98. The zero-order valence-corrected chi connectivity index (χ0v) is 16.9. The highest BCUT2D eigenvalue weighted by atomic mass is 15.4.